The van der Waals surface area contributed by atoms with Crippen molar-refractivity contribution in [2.75, 3.05) is 20.3 Å². The smallest absolute Gasteiger partial charge is 0.408 e. The van der Waals surface area contributed by atoms with E-state index in [-0.39, 0.29) is 18.9 Å². The maximum atomic E-state index is 13.1. The van der Waals surface area contributed by atoms with Gasteiger partial charge in [0.05, 0.1) is 7.11 Å². The van der Waals surface area contributed by atoms with Crippen LogP contribution < -0.4 is 21.3 Å². The van der Waals surface area contributed by atoms with Gasteiger partial charge in [-0.25, -0.2) is 14.4 Å². The van der Waals surface area contributed by atoms with Crippen molar-refractivity contribution in [2.24, 2.45) is 0 Å². The number of alkyl carbamates (subject to hydrolysis) is 2. The Bertz CT molecular complexity index is 1330. The van der Waals surface area contributed by atoms with Crippen LogP contribution in [0, 0.1) is 0 Å². The number of methoxy groups -OCH3 is 1. The zero-order valence-corrected chi connectivity index (χ0v) is 26.7. The molecule has 12 nitrogen and oxygen atoms in total. The van der Waals surface area contributed by atoms with Gasteiger partial charge in [0.2, 0.25) is 11.8 Å². The molecule has 2 aromatic carbocycles. The molecule has 0 saturated carbocycles. The molecule has 4 N–H and O–H groups in total. The molecule has 0 radical (unpaired) electrons. The Hall–Kier alpha value is -4.61. The highest BCUT2D eigenvalue weighted by molar-refractivity contribution is 5.92. The molecule has 3 atom stereocenters. The van der Waals surface area contributed by atoms with E-state index < -0.39 is 53.7 Å². The first-order chi connectivity index (χ1) is 21.3. The highest BCUT2D eigenvalue weighted by atomic mass is 16.6. The van der Waals surface area contributed by atoms with Gasteiger partial charge in [0, 0.05) is 12.5 Å². The van der Waals surface area contributed by atoms with Gasteiger partial charge < -0.3 is 35.5 Å². The number of rotatable bonds is 13. The quantitative estimate of drug-likeness (QED) is 0.149. The summed E-state index contributed by atoms with van der Waals surface area (Å²) in [5.41, 5.74) is 3.75. The van der Waals surface area contributed by atoms with E-state index in [1.165, 1.54) is 21.0 Å². The zero-order chi connectivity index (χ0) is 33.1. The summed E-state index contributed by atoms with van der Waals surface area (Å²) < 4.78 is 15.5. The van der Waals surface area contributed by atoms with Gasteiger partial charge in [-0.1, -0.05) is 48.5 Å². The van der Waals surface area contributed by atoms with Gasteiger partial charge in [-0.2, -0.15) is 0 Å². The van der Waals surface area contributed by atoms with Gasteiger partial charge in [0.1, 0.15) is 30.3 Å². The molecular weight excluding hydrogens is 580 g/mol. The number of esters is 1. The second-order valence-electron chi connectivity index (χ2n) is 11.9. The Morgan fingerprint density at radius 1 is 0.778 bits per heavy atom. The summed E-state index contributed by atoms with van der Waals surface area (Å²) in [6.07, 6.45) is -0.159. The fraction of sp³-hybridized carbons (Fsp3) is 0.485. The summed E-state index contributed by atoms with van der Waals surface area (Å²) in [4.78, 5) is 62.1. The molecule has 4 amide bonds. The predicted octanol–water partition coefficient (Wildman–Crippen LogP) is 3.77. The van der Waals surface area contributed by atoms with Gasteiger partial charge in [0.25, 0.3) is 0 Å². The number of hydrogen-bond donors (Lipinski definition) is 4. The van der Waals surface area contributed by atoms with E-state index in [1.54, 1.807) is 20.8 Å². The standard InChI is InChI=1S/C33H44N4O8/c1-20(28(38)36-21(2)30(40)43-6)35-29(39)27(37-32(42)45-33(3,4)5)17-11-12-18-34-31(41)44-19-26-24-15-9-7-13-22(24)23-14-8-10-16-25(23)26/h7-10,13-16,20-21,26-27H,11-12,17-19H2,1-6H3,(H,34,41)(H,35,39)(H,36,38)(H,37,42)/t20-,21-,27+/m1/s1. The summed E-state index contributed by atoms with van der Waals surface area (Å²) >= 11 is 0. The van der Waals surface area contributed by atoms with Crippen LogP contribution in [-0.4, -0.2) is 74.0 Å². The van der Waals surface area contributed by atoms with Crippen molar-refractivity contribution >= 4 is 30.0 Å². The van der Waals surface area contributed by atoms with Gasteiger partial charge in [-0.05, 0) is 76.1 Å². The fourth-order valence-electron chi connectivity index (χ4n) is 4.99. The van der Waals surface area contributed by atoms with Gasteiger partial charge >= 0.3 is 18.2 Å². The number of hydrogen-bond acceptors (Lipinski definition) is 8. The van der Waals surface area contributed by atoms with Crippen LogP contribution in [0.5, 0.6) is 0 Å². The molecule has 3 rings (SSSR count). The lowest BCUT2D eigenvalue weighted by Gasteiger charge is -2.24. The predicted molar refractivity (Wildman–Crippen MR) is 167 cm³/mol. The minimum absolute atomic E-state index is 0.0468. The number of amides is 4. The fourth-order valence-corrected chi connectivity index (χ4v) is 4.99. The topological polar surface area (TPSA) is 161 Å². The van der Waals surface area contributed by atoms with Crippen LogP contribution in [-0.2, 0) is 28.6 Å². The minimum Gasteiger partial charge on any atom is -0.467 e. The molecule has 0 saturated heterocycles. The highest BCUT2D eigenvalue weighted by Crippen LogP contribution is 2.44. The number of ether oxygens (including phenoxy) is 3. The van der Waals surface area contributed by atoms with Crippen LogP contribution in [0.15, 0.2) is 48.5 Å². The first kappa shape index (κ1) is 34.9. The maximum Gasteiger partial charge on any atom is 0.408 e. The van der Waals surface area contributed by atoms with Crippen molar-refractivity contribution in [2.45, 2.75) is 83.5 Å². The van der Waals surface area contributed by atoms with Crippen LogP contribution in [0.2, 0.25) is 0 Å². The lowest BCUT2D eigenvalue weighted by molar-refractivity contribution is -0.144. The summed E-state index contributed by atoms with van der Waals surface area (Å²) in [5, 5.41) is 10.3. The second-order valence-corrected chi connectivity index (χ2v) is 11.9. The first-order valence-electron chi connectivity index (χ1n) is 15.1. The van der Waals surface area contributed by atoms with Crippen molar-refractivity contribution in [1.29, 1.82) is 0 Å². The van der Waals surface area contributed by atoms with Crippen LogP contribution in [0.25, 0.3) is 11.1 Å². The molecule has 0 spiro atoms. The van der Waals surface area contributed by atoms with E-state index in [2.05, 4.69) is 50.3 Å². The molecule has 0 aromatic heterocycles. The van der Waals surface area contributed by atoms with Crippen molar-refractivity contribution in [3.8, 4) is 11.1 Å². The second kappa shape index (κ2) is 15.9. The molecule has 2 aromatic rings. The van der Waals surface area contributed by atoms with Crippen molar-refractivity contribution in [3.05, 3.63) is 59.7 Å². The van der Waals surface area contributed by atoms with Crippen molar-refractivity contribution in [1.82, 2.24) is 21.3 Å². The number of carbonyl (C=O) groups is 5. The third-order valence-corrected chi connectivity index (χ3v) is 7.21. The summed E-state index contributed by atoms with van der Waals surface area (Å²) in [6, 6.07) is 13.3. The summed E-state index contributed by atoms with van der Waals surface area (Å²) in [6.45, 7) is 8.51. The van der Waals surface area contributed by atoms with Crippen LogP contribution in [0.1, 0.15) is 70.9 Å². The van der Waals surface area contributed by atoms with Crippen molar-refractivity contribution in [3.63, 3.8) is 0 Å². The van der Waals surface area contributed by atoms with Crippen LogP contribution >= 0.6 is 0 Å². The lowest BCUT2D eigenvalue weighted by Crippen LogP contribution is -2.54. The molecule has 0 fully saturated rings. The highest BCUT2D eigenvalue weighted by Gasteiger charge is 2.30. The van der Waals surface area contributed by atoms with E-state index in [4.69, 9.17) is 9.47 Å². The van der Waals surface area contributed by atoms with Gasteiger partial charge in [-0.3, -0.25) is 9.59 Å². The molecule has 1 aliphatic carbocycles. The zero-order valence-electron chi connectivity index (χ0n) is 26.7. The number of carbonyl (C=O) groups excluding carboxylic acids is 5. The van der Waals surface area contributed by atoms with E-state index in [0.29, 0.717) is 19.4 Å². The molecule has 0 aliphatic heterocycles. The third-order valence-electron chi connectivity index (χ3n) is 7.21. The Morgan fingerprint density at radius 2 is 1.36 bits per heavy atom. The Kier molecular flexibility index (Phi) is 12.3. The molecule has 1 aliphatic rings. The molecule has 45 heavy (non-hydrogen) atoms. The lowest BCUT2D eigenvalue weighted by atomic mass is 9.98. The number of fused-ring (bicyclic) bond motifs is 3. The molecule has 0 heterocycles. The average Bonchev–Trinajstić information content (AvgIpc) is 3.31. The summed E-state index contributed by atoms with van der Waals surface area (Å²) in [7, 11) is 1.20. The van der Waals surface area contributed by atoms with E-state index in [1.807, 2.05) is 24.3 Å². The van der Waals surface area contributed by atoms with Gasteiger partial charge in [-0.15, -0.1) is 0 Å². The van der Waals surface area contributed by atoms with Crippen LogP contribution in [0.4, 0.5) is 9.59 Å². The van der Waals surface area contributed by atoms with E-state index >= 15 is 0 Å². The first-order valence-corrected chi connectivity index (χ1v) is 15.1. The molecule has 0 bridgehead atoms. The van der Waals surface area contributed by atoms with Crippen molar-refractivity contribution < 1.29 is 38.2 Å². The average molecular weight is 625 g/mol. The molecule has 244 valence electrons. The Morgan fingerprint density at radius 3 is 1.93 bits per heavy atom. The molecule has 12 heteroatoms. The normalized spacial score (nSPS) is 14.1. The minimum atomic E-state index is -1.01. The Balaban J connectivity index is 1.48. The third kappa shape index (κ3) is 10.2. The number of benzene rings is 2. The Labute approximate surface area is 263 Å². The number of nitrogens with one attached hydrogen (secondary N) is 4. The molecule has 0 unspecified atom stereocenters. The monoisotopic (exact) mass is 624 g/mol. The SMILES string of the molecule is COC(=O)[C@@H](C)NC(=O)[C@@H](C)NC(=O)[C@H](CCCCNC(=O)OCC1c2ccccc2-c2ccccc21)NC(=O)OC(C)(C)C. The van der Waals surface area contributed by atoms with E-state index in [0.717, 1.165) is 22.3 Å². The largest absolute Gasteiger partial charge is 0.467 e. The van der Waals surface area contributed by atoms with E-state index in [9.17, 15) is 24.0 Å². The number of unbranched alkanes of at least 4 members (excludes halogenated alkanes) is 1. The maximum absolute atomic E-state index is 13.1. The summed E-state index contributed by atoms with van der Waals surface area (Å²) in [5.74, 6) is -1.86. The van der Waals surface area contributed by atoms with Crippen LogP contribution in [0.3, 0.4) is 0 Å². The molecular formula is C33H44N4O8. The van der Waals surface area contributed by atoms with Gasteiger partial charge in [0.15, 0.2) is 0 Å².